The Bertz CT molecular complexity index is 1580. The molecule has 2 atom stereocenters. The number of halogens is 2. The molecular weight excluding hydrogens is 529 g/mol. The van der Waals surface area contributed by atoms with Crippen LogP contribution >= 0.6 is 11.6 Å². The van der Waals surface area contributed by atoms with Crippen molar-refractivity contribution in [3.8, 4) is 28.8 Å². The zero-order chi connectivity index (χ0) is 27.0. The van der Waals surface area contributed by atoms with Crippen LogP contribution < -0.4 is 10.2 Å². The van der Waals surface area contributed by atoms with Crippen molar-refractivity contribution >= 4 is 28.5 Å². The van der Waals surface area contributed by atoms with E-state index in [9.17, 15) is 5.11 Å². The third kappa shape index (κ3) is 3.95. The summed E-state index contributed by atoms with van der Waals surface area (Å²) in [4.78, 5) is 14.3. The number of nitrogens with zero attached hydrogens (tertiary/aromatic N) is 6. The highest BCUT2D eigenvalue weighted by atomic mass is 35.5. The van der Waals surface area contributed by atoms with Crippen LogP contribution in [0.4, 0.5) is 10.2 Å². The van der Waals surface area contributed by atoms with Gasteiger partial charge in [-0.25, -0.2) is 14.4 Å². The van der Waals surface area contributed by atoms with Crippen molar-refractivity contribution in [1.82, 2.24) is 30.4 Å². The molecule has 10 heteroatoms. The smallest absolute Gasteiger partial charge is 0.207 e. The van der Waals surface area contributed by atoms with Gasteiger partial charge in [-0.15, -0.1) is 10.2 Å². The third-order valence-electron chi connectivity index (χ3n) is 9.56. The molecule has 0 unspecified atom stereocenters. The summed E-state index contributed by atoms with van der Waals surface area (Å²) in [6, 6.07) is 3.65. The number of benzene rings is 1. The Morgan fingerprint density at radius 2 is 1.88 bits per heavy atom. The monoisotopic (exact) mass is 559 g/mol. The second-order valence-electron chi connectivity index (χ2n) is 12.1. The lowest BCUT2D eigenvalue weighted by molar-refractivity contribution is 0.261. The zero-order valence-corrected chi connectivity index (χ0v) is 23.0. The molecule has 0 radical (unpaired) electrons. The van der Waals surface area contributed by atoms with Gasteiger partial charge in [-0.05, 0) is 94.0 Å². The van der Waals surface area contributed by atoms with Crippen molar-refractivity contribution in [2.75, 3.05) is 31.1 Å². The van der Waals surface area contributed by atoms with E-state index >= 15 is 4.39 Å². The summed E-state index contributed by atoms with van der Waals surface area (Å²) >= 11 is 6.53. The number of nitrogens with one attached hydrogen (secondary N) is 1. The molecule has 9 rings (SSSR count). The van der Waals surface area contributed by atoms with Crippen LogP contribution in [0.25, 0.3) is 22.3 Å². The molecule has 0 amide bonds. The highest BCUT2D eigenvalue weighted by Crippen LogP contribution is 2.49. The number of piperidine rings is 2. The number of aromatic nitrogens is 4. The molecule has 6 aliphatic rings. The number of phenolic OH excluding ortho intramolecular Hbond substituents is 1. The van der Waals surface area contributed by atoms with Crippen LogP contribution in [0.5, 0.6) is 5.75 Å². The van der Waals surface area contributed by atoms with Crippen molar-refractivity contribution in [3.63, 3.8) is 0 Å². The van der Waals surface area contributed by atoms with Gasteiger partial charge in [0, 0.05) is 35.8 Å². The van der Waals surface area contributed by atoms with Crippen LogP contribution in [0.15, 0.2) is 12.1 Å². The molecule has 1 aromatic carbocycles. The third-order valence-corrected chi connectivity index (χ3v) is 9.87. The molecule has 1 aliphatic carbocycles. The van der Waals surface area contributed by atoms with E-state index in [2.05, 4.69) is 42.1 Å². The maximum atomic E-state index is 16.5. The number of piperazine rings is 1. The first-order chi connectivity index (χ1) is 19.5. The molecule has 40 heavy (non-hydrogen) atoms. The zero-order valence-electron chi connectivity index (χ0n) is 22.3. The van der Waals surface area contributed by atoms with Gasteiger partial charge in [-0.2, -0.15) is 0 Å². The molecule has 7 heterocycles. The second-order valence-corrected chi connectivity index (χ2v) is 12.5. The van der Waals surface area contributed by atoms with Crippen molar-refractivity contribution in [2.45, 2.75) is 74.9 Å². The summed E-state index contributed by atoms with van der Waals surface area (Å²) in [6.45, 7) is 3.79. The Morgan fingerprint density at radius 1 is 1.05 bits per heavy atom. The molecular formula is C30H31ClFN7O. The van der Waals surface area contributed by atoms with Crippen LogP contribution in [-0.2, 0) is 0 Å². The summed E-state index contributed by atoms with van der Waals surface area (Å²) in [5.74, 6) is 7.33. The average molecular weight is 560 g/mol. The lowest BCUT2D eigenvalue weighted by atomic mass is 9.93. The van der Waals surface area contributed by atoms with Gasteiger partial charge in [0.05, 0.1) is 5.54 Å². The van der Waals surface area contributed by atoms with E-state index < -0.39 is 5.82 Å². The fraction of sp³-hybridized carbons (Fsp3) is 0.533. The molecule has 206 valence electrons. The van der Waals surface area contributed by atoms with Crippen LogP contribution in [0.1, 0.15) is 68.7 Å². The minimum Gasteiger partial charge on any atom is -0.508 e. The largest absolute Gasteiger partial charge is 0.508 e. The fourth-order valence-corrected chi connectivity index (χ4v) is 7.78. The van der Waals surface area contributed by atoms with Crippen molar-refractivity contribution in [2.24, 2.45) is 0 Å². The quantitative estimate of drug-likeness (QED) is 0.457. The minimum absolute atomic E-state index is 0.0330. The summed E-state index contributed by atoms with van der Waals surface area (Å²) in [6.07, 6.45) is 8.48. The van der Waals surface area contributed by atoms with Gasteiger partial charge in [-0.3, -0.25) is 4.90 Å². The molecule has 5 saturated heterocycles. The highest BCUT2D eigenvalue weighted by Gasteiger charge is 2.43. The van der Waals surface area contributed by atoms with Crippen LogP contribution in [0.2, 0.25) is 5.02 Å². The standard InChI is InChI=1S/C30H31ClFN7O/c31-22-14-20(40)13-21(24(22)17-3-4-17)26-25(32)27-28(37-36-26)29(39-16-18-5-6-19(39)15-33-18)35-23(34-27)7-10-30-8-1-11-38(30)12-2-9-30/h13-14,17-19,33,40H,1-6,8-9,11-12,15-16H2/t18-,19-/m1/s1. The fourth-order valence-electron chi connectivity index (χ4n) is 7.41. The summed E-state index contributed by atoms with van der Waals surface area (Å²) in [5, 5.41) is 23.2. The lowest BCUT2D eigenvalue weighted by Gasteiger charge is -2.46. The Balaban J connectivity index is 1.31. The van der Waals surface area contributed by atoms with E-state index in [4.69, 9.17) is 16.6 Å². The van der Waals surface area contributed by atoms with Crippen molar-refractivity contribution < 1.29 is 9.50 Å². The SMILES string of the molecule is Oc1cc(Cl)c(C2CC2)c(-c2nnc3c(N4C[C@H]5CC[C@@H]4CN5)nc(C#CC45CCCN4CCC5)nc3c2F)c1. The van der Waals surface area contributed by atoms with E-state index in [1.54, 1.807) is 0 Å². The first-order valence-electron chi connectivity index (χ1n) is 14.5. The van der Waals surface area contributed by atoms with E-state index in [0.717, 1.165) is 83.1 Å². The maximum absolute atomic E-state index is 16.5. The highest BCUT2D eigenvalue weighted by molar-refractivity contribution is 6.32. The Labute approximate surface area is 237 Å². The van der Waals surface area contributed by atoms with E-state index in [0.29, 0.717) is 33.8 Å². The number of aromatic hydroxyl groups is 1. The summed E-state index contributed by atoms with van der Waals surface area (Å²) < 4.78 is 16.5. The molecule has 1 saturated carbocycles. The van der Waals surface area contributed by atoms with Crippen LogP contribution in [0, 0.1) is 17.7 Å². The Morgan fingerprint density at radius 3 is 2.58 bits per heavy atom. The molecule has 6 fully saturated rings. The van der Waals surface area contributed by atoms with E-state index in [1.807, 2.05) is 0 Å². The molecule has 2 N–H and O–H groups in total. The summed E-state index contributed by atoms with van der Waals surface area (Å²) in [7, 11) is 0. The van der Waals surface area contributed by atoms with Crippen LogP contribution in [-0.4, -0.2) is 74.0 Å². The number of anilines is 1. The normalized spacial score (nSPS) is 25.3. The van der Waals surface area contributed by atoms with Gasteiger partial charge in [0.2, 0.25) is 5.82 Å². The first kappa shape index (κ1) is 24.7. The molecule has 2 aromatic heterocycles. The van der Waals surface area contributed by atoms with E-state index in [-0.39, 0.29) is 34.5 Å². The maximum Gasteiger partial charge on any atom is 0.207 e. The number of rotatable bonds is 3. The number of hydrogen-bond acceptors (Lipinski definition) is 8. The number of hydrogen-bond donors (Lipinski definition) is 2. The van der Waals surface area contributed by atoms with Gasteiger partial charge in [-0.1, -0.05) is 17.5 Å². The van der Waals surface area contributed by atoms with Gasteiger partial charge < -0.3 is 15.3 Å². The molecule has 3 aromatic rings. The minimum atomic E-state index is -0.581. The van der Waals surface area contributed by atoms with E-state index in [1.165, 1.54) is 12.1 Å². The van der Waals surface area contributed by atoms with Gasteiger partial charge >= 0.3 is 0 Å². The number of fused-ring (bicyclic) bond motifs is 5. The average Bonchev–Trinajstić information content (AvgIpc) is 3.59. The summed E-state index contributed by atoms with van der Waals surface area (Å²) in [5.41, 5.74) is 1.67. The predicted molar refractivity (Wildman–Crippen MR) is 151 cm³/mol. The van der Waals surface area contributed by atoms with Gasteiger partial charge in [0.1, 0.15) is 17.0 Å². The van der Waals surface area contributed by atoms with Gasteiger partial charge in [0.15, 0.2) is 17.2 Å². The molecule has 2 bridgehead atoms. The van der Waals surface area contributed by atoms with Crippen molar-refractivity contribution in [1.29, 1.82) is 0 Å². The predicted octanol–water partition coefficient (Wildman–Crippen LogP) is 4.38. The molecule has 5 aliphatic heterocycles. The van der Waals surface area contributed by atoms with Crippen molar-refractivity contribution in [3.05, 3.63) is 34.4 Å². The Hall–Kier alpha value is -3.06. The number of phenols is 1. The second kappa shape index (κ2) is 9.23. The first-order valence-corrected chi connectivity index (χ1v) is 14.9. The lowest BCUT2D eigenvalue weighted by Crippen LogP contribution is -2.61. The topological polar surface area (TPSA) is 90.3 Å². The Kier molecular flexibility index (Phi) is 5.70. The molecule has 8 nitrogen and oxygen atoms in total. The van der Waals surface area contributed by atoms with Crippen LogP contribution in [0.3, 0.4) is 0 Å². The molecule has 0 spiro atoms. The van der Waals surface area contributed by atoms with Gasteiger partial charge in [0.25, 0.3) is 0 Å².